The van der Waals surface area contributed by atoms with Crippen molar-refractivity contribution in [2.45, 2.75) is 6.16 Å². The summed E-state index contributed by atoms with van der Waals surface area (Å²) >= 11 is 0. The number of benzene rings is 4. The maximum atomic E-state index is 10.4. The third-order valence-electron chi connectivity index (χ3n) is 5.90. The summed E-state index contributed by atoms with van der Waals surface area (Å²) in [6.45, 7) is -3.76. The van der Waals surface area contributed by atoms with Crippen molar-refractivity contribution in [2.75, 3.05) is 0 Å². The van der Waals surface area contributed by atoms with Gasteiger partial charge in [0.1, 0.15) is 0 Å². The van der Waals surface area contributed by atoms with Crippen LogP contribution in [0.2, 0.25) is 0 Å². The van der Waals surface area contributed by atoms with Crippen molar-refractivity contribution in [1.82, 2.24) is 4.67 Å². The number of hydrogen-bond donors (Lipinski definition) is 0. The van der Waals surface area contributed by atoms with Crippen LogP contribution in [0.3, 0.4) is 0 Å². The van der Waals surface area contributed by atoms with Gasteiger partial charge < -0.3 is 0 Å². The summed E-state index contributed by atoms with van der Waals surface area (Å²) in [7, 11) is 0. The van der Waals surface area contributed by atoms with Gasteiger partial charge in [0, 0.05) is 0 Å². The van der Waals surface area contributed by atoms with Crippen molar-refractivity contribution in [3.63, 3.8) is 0 Å². The Balaban J connectivity index is 2.27. The van der Waals surface area contributed by atoms with Crippen molar-refractivity contribution < 1.29 is 0 Å². The number of rotatable bonds is 6. The molecule has 0 saturated carbocycles. The second-order valence-corrected chi connectivity index (χ2v) is 12.2. The summed E-state index contributed by atoms with van der Waals surface area (Å²) in [4.78, 5) is 0. The first kappa shape index (κ1) is 20.4. The molecule has 0 N–H and O–H groups in total. The van der Waals surface area contributed by atoms with Crippen LogP contribution in [0.4, 0.5) is 0 Å². The molecule has 0 heterocycles. The zero-order valence-corrected chi connectivity index (χ0v) is 17.9. The molecule has 0 radical (unpaired) electrons. The van der Waals surface area contributed by atoms with E-state index < -0.39 is 6.75 Å². The van der Waals surface area contributed by atoms with Gasteiger partial charge in [0.2, 0.25) is 0 Å². The molecular weight excluding hydrogens is 397 g/mol. The Labute approximate surface area is 183 Å². The molecule has 31 heavy (non-hydrogen) atoms. The van der Waals surface area contributed by atoms with Crippen LogP contribution in [0, 0.1) is 22.9 Å². The first-order chi connectivity index (χ1) is 15.3. The fourth-order valence-corrected chi connectivity index (χ4v) is 10.6. The predicted octanol–water partition coefficient (Wildman–Crippen LogP) is 4.90. The molecule has 0 saturated heterocycles. The third kappa shape index (κ3) is 3.08. The fourth-order valence-electron chi connectivity index (χ4n) is 4.54. The summed E-state index contributed by atoms with van der Waals surface area (Å²) in [5, 5.41) is 23.7. The van der Waals surface area contributed by atoms with Crippen LogP contribution in [0.5, 0.6) is 0 Å². The molecule has 0 atom stereocenters. The van der Waals surface area contributed by atoms with Crippen LogP contribution >= 0.6 is 6.75 Å². The van der Waals surface area contributed by atoms with Gasteiger partial charge in [-0.3, -0.25) is 0 Å². The Morgan fingerprint density at radius 1 is 0.516 bits per heavy atom. The third-order valence-corrected chi connectivity index (χ3v) is 12.2. The van der Waals surface area contributed by atoms with Gasteiger partial charge in [-0.25, -0.2) is 0 Å². The Bertz CT molecular complexity index is 1110. The van der Waals surface area contributed by atoms with Crippen molar-refractivity contribution in [3.8, 4) is 12.4 Å². The Morgan fingerprint density at radius 2 is 0.839 bits per heavy atom. The van der Waals surface area contributed by atoms with Gasteiger partial charge in [-0.1, -0.05) is 0 Å². The average molecular weight is 419 g/mol. The first-order valence-electron chi connectivity index (χ1n) is 10.1. The molecule has 0 aliphatic heterocycles. The van der Waals surface area contributed by atoms with Gasteiger partial charge in [-0.2, -0.15) is 0 Å². The van der Waals surface area contributed by atoms with E-state index in [4.69, 9.17) is 0 Å². The fraction of sp³-hybridized carbons (Fsp3) is 0.0370. The molecular formula is C27H22N3P. The van der Waals surface area contributed by atoms with Crippen molar-refractivity contribution in [1.29, 1.82) is 10.5 Å². The average Bonchev–Trinajstić information content (AvgIpc) is 2.86. The van der Waals surface area contributed by atoms with E-state index in [-0.39, 0.29) is 0 Å². The molecule has 0 bridgehead atoms. The molecule has 3 nitrogen and oxygen atoms in total. The van der Waals surface area contributed by atoms with E-state index >= 15 is 0 Å². The first-order valence-corrected chi connectivity index (χ1v) is 12.5. The van der Waals surface area contributed by atoms with Crippen LogP contribution in [0.25, 0.3) is 0 Å². The zero-order valence-electron chi connectivity index (χ0n) is 17.0. The number of nitriles is 2. The molecule has 4 rings (SSSR count). The van der Waals surface area contributed by atoms with E-state index in [2.05, 4.69) is 60.9 Å². The SMILES string of the molecule is N#CN(C#N)P(Cc1ccccc1)(c1ccccc1)(c1ccccc1)c1ccccc1. The van der Waals surface area contributed by atoms with Gasteiger partial charge in [-0.15, -0.1) is 0 Å². The maximum absolute atomic E-state index is 10.4. The van der Waals surface area contributed by atoms with Crippen molar-refractivity contribution >= 4 is 22.7 Å². The number of hydrogen-bond acceptors (Lipinski definition) is 3. The molecule has 0 aliphatic rings. The van der Waals surface area contributed by atoms with Gasteiger partial charge in [0.25, 0.3) is 0 Å². The van der Waals surface area contributed by atoms with Crippen molar-refractivity contribution in [3.05, 3.63) is 127 Å². The van der Waals surface area contributed by atoms with E-state index in [1.54, 1.807) is 0 Å². The van der Waals surface area contributed by atoms with E-state index in [1.165, 1.54) is 4.67 Å². The topological polar surface area (TPSA) is 50.8 Å². The molecule has 4 heteroatoms. The normalized spacial score (nSPS) is 12.0. The summed E-state index contributed by atoms with van der Waals surface area (Å²) in [6, 6.07) is 40.3. The minimum atomic E-state index is -3.76. The second-order valence-electron chi connectivity index (χ2n) is 7.41. The summed E-state index contributed by atoms with van der Waals surface area (Å²) in [5.41, 5.74) is 1.08. The zero-order chi connectivity index (χ0) is 21.6. The van der Waals surface area contributed by atoms with Crippen LogP contribution in [-0.4, -0.2) is 4.67 Å². The van der Waals surface area contributed by atoms with E-state index in [1.807, 2.05) is 72.8 Å². The van der Waals surface area contributed by atoms with Crippen LogP contribution < -0.4 is 15.9 Å². The molecule has 0 spiro atoms. The minimum absolute atomic E-state index is 0.533. The van der Waals surface area contributed by atoms with Gasteiger partial charge in [-0.05, 0) is 0 Å². The van der Waals surface area contributed by atoms with Gasteiger partial charge in [0.05, 0.1) is 0 Å². The molecule has 0 aliphatic carbocycles. The molecule has 0 unspecified atom stereocenters. The Kier molecular flexibility index (Phi) is 5.55. The van der Waals surface area contributed by atoms with E-state index in [0.29, 0.717) is 6.16 Å². The second kappa shape index (κ2) is 8.45. The molecule has 0 aromatic heterocycles. The standard InChI is InChI=1S/C27H22N3P/c28-22-30(23-29)31(25-15-7-2-8-16-25,26-17-9-3-10-18-26,27-19-11-4-12-20-27)21-24-13-5-1-6-14-24/h1-20H,21H2. The van der Waals surface area contributed by atoms with Crippen molar-refractivity contribution in [2.24, 2.45) is 0 Å². The van der Waals surface area contributed by atoms with Crippen LogP contribution in [0.1, 0.15) is 5.56 Å². The summed E-state index contributed by atoms with van der Waals surface area (Å²) in [6.07, 6.45) is 5.09. The monoisotopic (exact) mass is 419 g/mol. The van der Waals surface area contributed by atoms with E-state index in [0.717, 1.165) is 21.5 Å². The van der Waals surface area contributed by atoms with Crippen LogP contribution in [0.15, 0.2) is 121 Å². The Morgan fingerprint density at radius 3 is 1.16 bits per heavy atom. The Hall–Kier alpha value is -3.91. The molecule has 4 aromatic carbocycles. The number of nitrogens with zero attached hydrogens (tertiary/aromatic N) is 3. The molecule has 0 amide bonds. The molecule has 150 valence electrons. The predicted molar refractivity (Wildman–Crippen MR) is 128 cm³/mol. The summed E-state index contributed by atoms with van der Waals surface area (Å²) in [5.74, 6) is 0. The van der Waals surface area contributed by atoms with Gasteiger partial charge in [0.15, 0.2) is 0 Å². The molecule has 0 fully saturated rings. The quantitative estimate of drug-likeness (QED) is 0.254. The summed E-state index contributed by atoms with van der Waals surface area (Å²) < 4.78 is 1.39. The van der Waals surface area contributed by atoms with E-state index in [9.17, 15) is 10.5 Å². The van der Waals surface area contributed by atoms with Gasteiger partial charge >= 0.3 is 183 Å². The van der Waals surface area contributed by atoms with Crippen LogP contribution in [-0.2, 0) is 6.16 Å². The molecule has 4 aromatic rings.